The van der Waals surface area contributed by atoms with E-state index in [0.717, 1.165) is 38.0 Å². The van der Waals surface area contributed by atoms with Crippen molar-refractivity contribution >= 4 is 29.1 Å². The van der Waals surface area contributed by atoms with Crippen LogP contribution in [0.15, 0.2) is 12.1 Å². The summed E-state index contributed by atoms with van der Waals surface area (Å²) in [7, 11) is 1.69. The molecule has 1 aliphatic rings. The molecule has 0 radical (unpaired) electrons. The van der Waals surface area contributed by atoms with Gasteiger partial charge in [-0.15, -0.1) is 0 Å². The highest BCUT2D eigenvalue weighted by molar-refractivity contribution is 6.32. The fourth-order valence-electron chi connectivity index (χ4n) is 2.58. The van der Waals surface area contributed by atoms with Crippen molar-refractivity contribution in [2.24, 2.45) is 5.92 Å². The number of likely N-dealkylation sites (tertiary alicyclic amines) is 1. The average molecular weight is 316 g/mol. The zero-order chi connectivity index (χ0) is 14.5. The van der Waals surface area contributed by atoms with E-state index in [-0.39, 0.29) is 5.91 Å². The summed E-state index contributed by atoms with van der Waals surface area (Å²) in [5.74, 6) is 0.631. The highest BCUT2D eigenvalue weighted by atomic mass is 35.5. The third-order valence-electron chi connectivity index (χ3n) is 3.69. The fraction of sp³-hybridized carbons (Fsp3) is 0.571. The molecule has 2 heterocycles. The molecule has 1 amide bonds. The van der Waals surface area contributed by atoms with E-state index < -0.39 is 0 Å². The van der Waals surface area contributed by atoms with Crippen molar-refractivity contribution in [1.82, 2.24) is 15.2 Å². The lowest BCUT2D eigenvalue weighted by atomic mass is 9.93. The van der Waals surface area contributed by atoms with Crippen LogP contribution in [0.1, 0.15) is 24.8 Å². The molecule has 1 aliphatic heterocycles. The van der Waals surface area contributed by atoms with E-state index in [0.29, 0.717) is 22.6 Å². The Hall–Kier alpha value is -0.840. The van der Waals surface area contributed by atoms with Gasteiger partial charge in [0.05, 0.1) is 0 Å². The maximum atomic E-state index is 11.4. The molecule has 1 N–H and O–H groups in total. The molecule has 0 saturated carbocycles. The van der Waals surface area contributed by atoms with E-state index in [2.05, 4.69) is 15.2 Å². The molecule has 4 nitrogen and oxygen atoms in total. The number of hydrogen-bond donors (Lipinski definition) is 1. The average Bonchev–Trinajstić information content (AvgIpc) is 2.39. The quantitative estimate of drug-likeness (QED) is 0.869. The van der Waals surface area contributed by atoms with Crippen LogP contribution in [0.2, 0.25) is 10.3 Å². The molecule has 0 spiro atoms. The summed E-state index contributed by atoms with van der Waals surface area (Å²) in [4.78, 5) is 17.7. The van der Waals surface area contributed by atoms with E-state index >= 15 is 0 Å². The van der Waals surface area contributed by atoms with Crippen LogP contribution in [0.5, 0.6) is 0 Å². The molecule has 0 bridgehead atoms. The summed E-state index contributed by atoms with van der Waals surface area (Å²) in [6.07, 6.45) is 2.75. The van der Waals surface area contributed by atoms with Gasteiger partial charge in [0.2, 0.25) is 5.91 Å². The molecule has 20 heavy (non-hydrogen) atoms. The van der Waals surface area contributed by atoms with Crippen LogP contribution in [0, 0.1) is 5.92 Å². The van der Waals surface area contributed by atoms with Crippen molar-refractivity contribution in [2.45, 2.75) is 25.8 Å². The summed E-state index contributed by atoms with van der Waals surface area (Å²) in [5, 5.41) is 3.55. The molecule has 1 saturated heterocycles. The minimum atomic E-state index is 0.135. The first-order valence-corrected chi connectivity index (χ1v) is 7.57. The van der Waals surface area contributed by atoms with E-state index in [1.54, 1.807) is 7.05 Å². The van der Waals surface area contributed by atoms with Crippen LogP contribution < -0.4 is 5.32 Å². The second kappa shape index (κ2) is 7.25. The first-order valence-electron chi connectivity index (χ1n) is 6.81. The first kappa shape index (κ1) is 15.5. The zero-order valence-corrected chi connectivity index (χ0v) is 13.0. The lowest BCUT2D eigenvalue weighted by Crippen LogP contribution is -2.35. The number of hydrogen-bond acceptors (Lipinski definition) is 3. The van der Waals surface area contributed by atoms with Gasteiger partial charge in [0.25, 0.3) is 0 Å². The predicted molar refractivity (Wildman–Crippen MR) is 80.9 cm³/mol. The smallest absolute Gasteiger partial charge is 0.220 e. The maximum absolute atomic E-state index is 11.4. The summed E-state index contributed by atoms with van der Waals surface area (Å²) >= 11 is 11.8. The molecule has 1 aromatic rings. The molecule has 2 rings (SSSR count). The predicted octanol–water partition coefficient (Wildman–Crippen LogP) is 2.74. The van der Waals surface area contributed by atoms with Gasteiger partial charge in [0.15, 0.2) is 0 Å². The van der Waals surface area contributed by atoms with Gasteiger partial charge in [-0.3, -0.25) is 9.69 Å². The van der Waals surface area contributed by atoms with Crippen molar-refractivity contribution in [2.75, 3.05) is 20.1 Å². The Kier molecular flexibility index (Phi) is 5.64. The minimum Gasteiger partial charge on any atom is -0.359 e. The molecule has 0 aromatic carbocycles. The molecular weight excluding hydrogens is 297 g/mol. The summed E-state index contributed by atoms with van der Waals surface area (Å²) in [5.41, 5.74) is 1.08. The number of piperidine rings is 1. The molecule has 0 atom stereocenters. The minimum absolute atomic E-state index is 0.135. The Morgan fingerprint density at radius 2 is 1.95 bits per heavy atom. The molecule has 1 fully saturated rings. The van der Waals surface area contributed by atoms with Crippen molar-refractivity contribution in [3.63, 3.8) is 0 Å². The van der Waals surface area contributed by atoms with E-state index in [9.17, 15) is 4.79 Å². The van der Waals surface area contributed by atoms with Gasteiger partial charge >= 0.3 is 0 Å². The van der Waals surface area contributed by atoms with E-state index in [4.69, 9.17) is 23.2 Å². The topological polar surface area (TPSA) is 45.2 Å². The SMILES string of the molecule is CNC(=O)CC1CCN(Cc2cc(Cl)nc(Cl)c2)CC1. The number of nitrogens with zero attached hydrogens (tertiary/aromatic N) is 2. The van der Waals surface area contributed by atoms with Crippen molar-refractivity contribution < 1.29 is 4.79 Å². The second-order valence-electron chi connectivity index (χ2n) is 5.22. The van der Waals surface area contributed by atoms with Crippen molar-refractivity contribution in [3.8, 4) is 0 Å². The number of carbonyl (C=O) groups excluding carboxylic acids is 1. The van der Waals surface area contributed by atoms with E-state index in [1.165, 1.54) is 0 Å². The molecule has 0 unspecified atom stereocenters. The van der Waals surface area contributed by atoms with Gasteiger partial charge in [-0.2, -0.15) is 0 Å². The summed E-state index contributed by atoms with van der Waals surface area (Å²) in [6.45, 7) is 2.83. The second-order valence-corrected chi connectivity index (χ2v) is 5.99. The van der Waals surface area contributed by atoms with Crippen LogP contribution in [0.4, 0.5) is 0 Å². The number of halogens is 2. The molecule has 6 heteroatoms. The van der Waals surface area contributed by atoms with Crippen LogP contribution >= 0.6 is 23.2 Å². The van der Waals surface area contributed by atoms with Crippen LogP contribution in [0.25, 0.3) is 0 Å². The molecule has 1 aromatic heterocycles. The molecule has 0 aliphatic carbocycles. The zero-order valence-electron chi connectivity index (χ0n) is 11.5. The maximum Gasteiger partial charge on any atom is 0.220 e. The third kappa shape index (κ3) is 4.62. The highest BCUT2D eigenvalue weighted by Crippen LogP contribution is 2.23. The number of carbonyl (C=O) groups is 1. The first-order chi connectivity index (χ1) is 9.56. The Labute approximate surface area is 129 Å². The van der Waals surface area contributed by atoms with Crippen LogP contribution in [0.3, 0.4) is 0 Å². The van der Waals surface area contributed by atoms with Gasteiger partial charge in [-0.05, 0) is 49.5 Å². The van der Waals surface area contributed by atoms with Crippen LogP contribution in [-0.4, -0.2) is 35.9 Å². The Morgan fingerprint density at radius 3 is 2.50 bits per heavy atom. The molecular formula is C14H19Cl2N3O. The van der Waals surface area contributed by atoms with Gasteiger partial charge in [-0.1, -0.05) is 23.2 Å². The Morgan fingerprint density at radius 1 is 1.35 bits per heavy atom. The van der Waals surface area contributed by atoms with Gasteiger partial charge in [0, 0.05) is 20.0 Å². The van der Waals surface area contributed by atoms with Gasteiger partial charge < -0.3 is 5.32 Å². The number of pyridine rings is 1. The summed E-state index contributed by atoms with van der Waals surface area (Å²) < 4.78 is 0. The fourth-order valence-corrected chi connectivity index (χ4v) is 3.08. The number of nitrogens with one attached hydrogen (secondary N) is 1. The number of rotatable bonds is 4. The number of aromatic nitrogens is 1. The summed E-state index contributed by atoms with van der Waals surface area (Å²) in [6, 6.07) is 3.70. The van der Waals surface area contributed by atoms with Gasteiger partial charge in [0.1, 0.15) is 10.3 Å². The molecule has 110 valence electrons. The lowest BCUT2D eigenvalue weighted by molar-refractivity contribution is -0.121. The Balaban J connectivity index is 1.83. The highest BCUT2D eigenvalue weighted by Gasteiger charge is 2.21. The normalized spacial score (nSPS) is 17.1. The third-order valence-corrected chi connectivity index (χ3v) is 4.08. The Bertz CT molecular complexity index is 453. The monoisotopic (exact) mass is 315 g/mol. The number of amides is 1. The van der Waals surface area contributed by atoms with Gasteiger partial charge in [-0.25, -0.2) is 4.98 Å². The van der Waals surface area contributed by atoms with Crippen molar-refractivity contribution in [1.29, 1.82) is 0 Å². The standard InChI is InChI=1S/C14H19Cl2N3O/c1-17-14(20)8-10-2-4-19(5-3-10)9-11-6-12(15)18-13(16)7-11/h6-7,10H,2-5,8-9H2,1H3,(H,17,20). The van der Waals surface area contributed by atoms with Crippen molar-refractivity contribution in [3.05, 3.63) is 28.0 Å². The lowest BCUT2D eigenvalue weighted by Gasteiger charge is -2.31. The van der Waals surface area contributed by atoms with Crippen LogP contribution in [-0.2, 0) is 11.3 Å². The largest absolute Gasteiger partial charge is 0.359 e. The van der Waals surface area contributed by atoms with E-state index in [1.807, 2.05) is 12.1 Å².